The van der Waals surface area contributed by atoms with E-state index in [1.165, 1.54) is 116 Å². The highest BCUT2D eigenvalue weighted by atomic mass is 79.9. The van der Waals surface area contributed by atoms with Crippen LogP contribution in [-0.4, -0.2) is 88.5 Å². The van der Waals surface area contributed by atoms with Crippen LogP contribution in [0.2, 0.25) is 0 Å². The first-order chi connectivity index (χ1) is 19.1. The van der Waals surface area contributed by atoms with Crippen LogP contribution in [0.3, 0.4) is 0 Å². The van der Waals surface area contributed by atoms with Gasteiger partial charge in [0.25, 0.3) is 0 Å². The summed E-state index contributed by atoms with van der Waals surface area (Å²) in [5, 5.41) is 0. The lowest BCUT2D eigenvalue weighted by Crippen LogP contribution is -3.00. The van der Waals surface area contributed by atoms with Crippen molar-refractivity contribution in [2.45, 2.75) is 142 Å². The van der Waals surface area contributed by atoms with Gasteiger partial charge in [-0.25, -0.2) is 9.59 Å². The number of unbranched alkanes of at least 4 members (excludes halogenated alkanes) is 18. The summed E-state index contributed by atoms with van der Waals surface area (Å²) in [6.45, 7) is 7.46. The molecule has 0 aliphatic heterocycles. The second kappa shape index (κ2) is 30.8. The lowest BCUT2D eigenvalue weighted by Gasteiger charge is -2.29. The van der Waals surface area contributed by atoms with E-state index < -0.39 is 0 Å². The monoisotopic (exact) mass is 728 g/mol. The number of carbonyl (C=O) groups excluding carboxylic acids is 2. The van der Waals surface area contributed by atoms with Gasteiger partial charge in [0.2, 0.25) is 0 Å². The molecule has 0 radical (unpaired) electrons. The Morgan fingerprint density at radius 1 is 0.429 bits per heavy atom. The maximum atomic E-state index is 12.3. The summed E-state index contributed by atoms with van der Waals surface area (Å²) in [4.78, 5) is 24.6. The first-order valence-corrected chi connectivity index (χ1v) is 17.1. The van der Waals surface area contributed by atoms with Gasteiger partial charge in [0.1, 0.15) is 13.2 Å². The summed E-state index contributed by atoms with van der Waals surface area (Å²) >= 11 is 0. The number of hydrogen-bond donors (Lipinski definition) is 0. The van der Waals surface area contributed by atoms with Gasteiger partial charge in [0.05, 0.1) is 41.3 Å². The summed E-state index contributed by atoms with van der Waals surface area (Å²) in [7, 11) is 8.35. The van der Waals surface area contributed by atoms with Crippen molar-refractivity contribution >= 4 is 11.9 Å². The fourth-order valence-corrected chi connectivity index (χ4v) is 5.31. The highest BCUT2D eigenvalue weighted by Gasteiger charge is 2.22. The predicted octanol–water partition coefficient (Wildman–Crippen LogP) is 2.08. The van der Waals surface area contributed by atoms with E-state index in [2.05, 4.69) is 42.0 Å². The van der Waals surface area contributed by atoms with E-state index in [1.54, 1.807) is 0 Å². The van der Waals surface area contributed by atoms with Crippen molar-refractivity contribution in [2.24, 2.45) is 0 Å². The Morgan fingerprint density at radius 3 is 0.929 bits per heavy atom. The minimum atomic E-state index is -0.217. The van der Waals surface area contributed by atoms with E-state index >= 15 is 0 Å². The van der Waals surface area contributed by atoms with Crippen molar-refractivity contribution < 1.29 is 62.0 Å². The van der Waals surface area contributed by atoms with Crippen molar-refractivity contribution in [1.29, 1.82) is 0 Å². The number of hydrogen-bond acceptors (Lipinski definition) is 4. The fourth-order valence-electron chi connectivity index (χ4n) is 5.31. The normalized spacial score (nSPS) is 11.5. The summed E-state index contributed by atoms with van der Waals surface area (Å²) in [5.74, 6) is -0.435. The molecule has 254 valence electrons. The maximum absolute atomic E-state index is 12.3. The zero-order valence-corrected chi connectivity index (χ0v) is 31.8. The molecule has 0 aliphatic carbocycles. The highest BCUT2D eigenvalue weighted by Crippen LogP contribution is 2.13. The molecule has 0 aromatic heterocycles. The number of carbonyl (C=O) groups is 2. The number of halogens is 2. The minimum absolute atomic E-state index is 0. The Labute approximate surface area is 282 Å². The van der Waals surface area contributed by atoms with Gasteiger partial charge in [-0.15, -0.1) is 0 Å². The zero-order chi connectivity index (χ0) is 30.0. The smallest absolute Gasteiger partial charge is 0.361 e. The van der Waals surface area contributed by atoms with Crippen LogP contribution in [0, 0.1) is 0 Å². The third-order valence-corrected chi connectivity index (χ3v) is 7.96. The minimum Gasteiger partial charge on any atom is -1.00 e. The van der Waals surface area contributed by atoms with E-state index in [0.717, 1.165) is 25.9 Å². The molecule has 0 aliphatic rings. The molecule has 0 saturated carbocycles. The number of ether oxygens (including phenoxy) is 2. The van der Waals surface area contributed by atoms with Crippen LogP contribution in [0.4, 0.5) is 0 Å². The zero-order valence-electron chi connectivity index (χ0n) is 28.7. The van der Waals surface area contributed by atoms with Gasteiger partial charge in [0.15, 0.2) is 13.1 Å². The maximum Gasteiger partial charge on any atom is 0.361 e. The first-order valence-electron chi connectivity index (χ1n) is 17.1. The molecular weight excluding hydrogens is 660 g/mol. The third kappa shape index (κ3) is 32.7. The van der Waals surface area contributed by atoms with Crippen molar-refractivity contribution in [3.63, 3.8) is 0 Å². The molecule has 0 spiro atoms. The SMILES string of the molecule is CCCCCCCCCCCC[N+](C)(C)CC(=O)OCCOC(=O)C[N+](C)(C)CCCCCCCCCCCC.[Br-].[Br-]. The molecule has 8 heteroatoms. The number of likely N-dealkylation sites (N-methyl/N-ethyl adjacent to an activating group) is 2. The van der Waals surface area contributed by atoms with Gasteiger partial charge >= 0.3 is 11.9 Å². The molecule has 0 N–H and O–H groups in total. The quantitative estimate of drug-likeness (QED) is 0.0673. The van der Waals surface area contributed by atoms with Crippen molar-refractivity contribution in [2.75, 3.05) is 67.6 Å². The average Bonchev–Trinajstić information content (AvgIpc) is 2.88. The van der Waals surface area contributed by atoms with E-state index in [9.17, 15) is 9.59 Å². The van der Waals surface area contributed by atoms with Crippen molar-refractivity contribution in [3.8, 4) is 0 Å². The molecular formula is C34H70Br2N2O4. The molecule has 0 heterocycles. The van der Waals surface area contributed by atoms with Gasteiger partial charge in [-0.2, -0.15) is 0 Å². The first kappa shape index (κ1) is 46.2. The highest BCUT2D eigenvalue weighted by molar-refractivity contribution is 5.71. The van der Waals surface area contributed by atoms with E-state index in [1.807, 2.05) is 0 Å². The van der Waals surface area contributed by atoms with Crippen molar-refractivity contribution in [1.82, 2.24) is 0 Å². The summed E-state index contributed by atoms with van der Waals surface area (Å²) < 4.78 is 12.0. The second-order valence-electron chi connectivity index (χ2n) is 13.4. The fraction of sp³-hybridized carbons (Fsp3) is 0.941. The summed E-state index contributed by atoms with van der Waals surface area (Å²) in [6.07, 6.45) is 26.4. The largest absolute Gasteiger partial charge is 1.00 e. The van der Waals surface area contributed by atoms with Crippen LogP contribution < -0.4 is 34.0 Å². The molecule has 0 saturated heterocycles. The van der Waals surface area contributed by atoms with Crippen LogP contribution >= 0.6 is 0 Å². The van der Waals surface area contributed by atoms with Gasteiger partial charge < -0.3 is 52.4 Å². The van der Waals surface area contributed by atoms with Crippen molar-refractivity contribution in [3.05, 3.63) is 0 Å². The molecule has 0 rings (SSSR count). The van der Waals surface area contributed by atoms with Crippen LogP contribution in [-0.2, 0) is 19.1 Å². The Kier molecular flexibility index (Phi) is 33.9. The number of nitrogens with zero attached hydrogens (tertiary/aromatic N) is 2. The Bertz CT molecular complexity index is 566. The van der Waals surface area contributed by atoms with Crippen LogP contribution in [0.15, 0.2) is 0 Å². The van der Waals surface area contributed by atoms with Gasteiger partial charge in [0, 0.05) is 0 Å². The average molecular weight is 731 g/mol. The molecule has 6 nitrogen and oxygen atoms in total. The molecule has 0 bridgehead atoms. The number of rotatable bonds is 29. The molecule has 0 fully saturated rings. The molecule has 0 unspecified atom stereocenters. The Balaban J connectivity index is -0.00000760. The summed E-state index contributed by atoms with van der Waals surface area (Å²) in [6, 6.07) is 0. The number of quaternary nitrogens is 2. The van der Waals surface area contributed by atoms with Gasteiger partial charge in [-0.05, 0) is 25.7 Å². The second-order valence-corrected chi connectivity index (χ2v) is 13.4. The predicted molar refractivity (Wildman–Crippen MR) is 169 cm³/mol. The van der Waals surface area contributed by atoms with Crippen LogP contribution in [0.1, 0.15) is 142 Å². The molecule has 0 amide bonds. The Morgan fingerprint density at radius 2 is 0.667 bits per heavy atom. The molecule has 42 heavy (non-hydrogen) atoms. The van der Waals surface area contributed by atoms with E-state index in [-0.39, 0.29) is 59.1 Å². The third-order valence-electron chi connectivity index (χ3n) is 7.96. The molecule has 0 aromatic rings. The van der Waals surface area contributed by atoms with Gasteiger partial charge in [-0.3, -0.25) is 0 Å². The molecule has 0 atom stereocenters. The van der Waals surface area contributed by atoms with Crippen LogP contribution in [0.25, 0.3) is 0 Å². The Hall–Kier alpha value is -0.180. The number of esters is 2. The molecule has 0 aromatic carbocycles. The van der Waals surface area contributed by atoms with E-state index in [4.69, 9.17) is 9.47 Å². The standard InChI is InChI=1S/C34H70N2O4.2BrH/c1-7-9-11-13-15-17-19-21-23-25-27-35(3,4)31-33(37)39-29-30-40-34(38)32-36(5,6)28-26-24-22-20-18-16-14-12-10-8-2;;/h7-32H2,1-6H3;2*1H/q+2;;/p-2. The lowest BCUT2D eigenvalue weighted by molar-refractivity contribution is -0.883. The van der Waals surface area contributed by atoms with E-state index in [0.29, 0.717) is 22.1 Å². The van der Waals surface area contributed by atoms with Gasteiger partial charge in [-0.1, -0.05) is 117 Å². The topological polar surface area (TPSA) is 52.6 Å². The lowest BCUT2D eigenvalue weighted by atomic mass is 10.1. The summed E-state index contributed by atoms with van der Waals surface area (Å²) in [5.41, 5.74) is 0. The van der Waals surface area contributed by atoms with Crippen LogP contribution in [0.5, 0.6) is 0 Å².